The first-order valence-electron chi connectivity index (χ1n) is 8.94. The average molecular weight is 402 g/mol. The fourth-order valence-electron chi connectivity index (χ4n) is 2.82. The van der Waals surface area contributed by atoms with Gasteiger partial charge in [0, 0.05) is 28.4 Å². The van der Waals surface area contributed by atoms with Crippen LogP contribution in [0.2, 0.25) is 0 Å². The average Bonchev–Trinajstić information content (AvgIpc) is 3.14. The molecular weight excluding hydrogens is 384 g/mol. The molecule has 0 saturated heterocycles. The Balaban J connectivity index is 1.50. The minimum Gasteiger partial charge on any atom is -0.497 e. The Morgan fingerprint density at radius 3 is 2.31 bits per heavy atom. The van der Waals surface area contributed by atoms with Gasteiger partial charge in [-0.15, -0.1) is 11.3 Å². The van der Waals surface area contributed by atoms with E-state index in [2.05, 4.69) is 20.3 Å². The SMILES string of the molecule is COc1ccc(-c2nc(NC(=O)c3cnc(-c4ccccc4)nc3)sc2C)cc1. The van der Waals surface area contributed by atoms with E-state index in [0.29, 0.717) is 16.5 Å². The molecule has 0 spiro atoms. The molecule has 4 aromatic rings. The minimum atomic E-state index is -0.292. The molecule has 0 aliphatic heterocycles. The largest absolute Gasteiger partial charge is 0.497 e. The van der Waals surface area contributed by atoms with E-state index in [1.165, 1.54) is 23.7 Å². The van der Waals surface area contributed by atoms with Crippen molar-refractivity contribution >= 4 is 22.4 Å². The highest BCUT2D eigenvalue weighted by atomic mass is 32.1. The lowest BCUT2D eigenvalue weighted by molar-refractivity contribution is 0.102. The van der Waals surface area contributed by atoms with Gasteiger partial charge in [-0.25, -0.2) is 15.0 Å². The molecule has 0 fully saturated rings. The Kier molecular flexibility index (Phi) is 5.31. The monoisotopic (exact) mass is 402 g/mol. The molecule has 0 aliphatic carbocycles. The first-order valence-corrected chi connectivity index (χ1v) is 9.76. The van der Waals surface area contributed by atoms with Crippen molar-refractivity contribution in [3.05, 3.63) is 77.4 Å². The fourth-order valence-corrected chi connectivity index (χ4v) is 3.65. The van der Waals surface area contributed by atoms with E-state index < -0.39 is 0 Å². The van der Waals surface area contributed by atoms with Crippen molar-refractivity contribution in [3.8, 4) is 28.4 Å². The Morgan fingerprint density at radius 2 is 1.66 bits per heavy atom. The van der Waals surface area contributed by atoms with Gasteiger partial charge >= 0.3 is 0 Å². The van der Waals surface area contributed by atoms with E-state index in [4.69, 9.17) is 4.74 Å². The molecule has 2 aromatic carbocycles. The number of thiazole rings is 1. The van der Waals surface area contributed by atoms with Gasteiger partial charge < -0.3 is 4.74 Å². The van der Waals surface area contributed by atoms with Crippen molar-refractivity contribution in [2.45, 2.75) is 6.92 Å². The van der Waals surface area contributed by atoms with Gasteiger partial charge in [-0.1, -0.05) is 30.3 Å². The molecule has 0 bridgehead atoms. The Hall–Kier alpha value is -3.58. The number of amides is 1. The second-order valence-electron chi connectivity index (χ2n) is 6.27. The van der Waals surface area contributed by atoms with Crippen LogP contribution in [0.1, 0.15) is 15.2 Å². The molecule has 6 nitrogen and oxygen atoms in total. The number of hydrogen-bond donors (Lipinski definition) is 1. The molecule has 0 aliphatic rings. The summed E-state index contributed by atoms with van der Waals surface area (Å²) in [6.07, 6.45) is 3.05. The van der Waals surface area contributed by atoms with Crippen LogP contribution in [0.25, 0.3) is 22.6 Å². The van der Waals surface area contributed by atoms with Crippen molar-refractivity contribution < 1.29 is 9.53 Å². The molecule has 1 N–H and O–H groups in total. The number of anilines is 1. The molecule has 144 valence electrons. The van der Waals surface area contributed by atoms with Crippen molar-refractivity contribution in [2.24, 2.45) is 0 Å². The number of methoxy groups -OCH3 is 1. The molecule has 2 aromatic heterocycles. The quantitative estimate of drug-likeness (QED) is 0.517. The number of rotatable bonds is 5. The Labute approximate surface area is 172 Å². The van der Waals surface area contributed by atoms with Crippen molar-refractivity contribution in [1.29, 1.82) is 0 Å². The summed E-state index contributed by atoms with van der Waals surface area (Å²) in [6.45, 7) is 1.98. The summed E-state index contributed by atoms with van der Waals surface area (Å²) in [5.41, 5.74) is 3.09. The van der Waals surface area contributed by atoms with Crippen molar-refractivity contribution in [3.63, 3.8) is 0 Å². The molecule has 2 heterocycles. The van der Waals surface area contributed by atoms with Gasteiger partial charge in [0.05, 0.1) is 18.4 Å². The van der Waals surface area contributed by atoms with E-state index in [9.17, 15) is 4.79 Å². The molecular formula is C22H18N4O2S. The van der Waals surface area contributed by atoms with Crippen molar-refractivity contribution in [2.75, 3.05) is 12.4 Å². The number of benzene rings is 2. The molecule has 4 rings (SSSR count). The van der Waals surface area contributed by atoms with Gasteiger partial charge in [-0.2, -0.15) is 0 Å². The van der Waals surface area contributed by atoms with Crippen LogP contribution in [-0.2, 0) is 0 Å². The second kappa shape index (κ2) is 8.20. The predicted octanol–water partition coefficient (Wildman–Crippen LogP) is 4.84. The number of nitrogens with zero attached hydrogens (tertiary/aromatic N) is 3. The molecule has 0 atom stereocenters. The molecule has 1 amide bonds. The maximum Gasteiger partial charge on any atom is 0.260 e. The Morgan fingerprint density at radius 1 is 0.966 bits per heavy atom. The van der Waals surface area contributed by atoms with Gasteiger partial charge in [0.25, 0.3) is 5.91 Å². The molecule has 0 unspecified atom stereocenters. The highest BCUT2D eigenvalue weighted by Gasteiger charge is 2.14. The summed E-state index contributed by atoms with van der Waals surface area (Å²) in [5, 5.41) is 3.37. The topological polar surface area (TPSA) is 77.0 Å². The smallest absolute Gasteiger partial charge is 0.260 e. The van der Waals surface area contributed by atoms with E-state index in [1.807, 2.05) is 61.5 Å². The summed E-state index contributed by atoms with van der Waals surface area (Å²) < 4.78 is 5.19. The minimum absolute atomic E-state index is 0.292. The normalized spacial score (nSPS) is 10.6. The number of aromatic nitrogens is 3. The molecule has 0 radical (unpaired) electrons. The third-order valence-electron chi connectivity index (χ3n) is 4.33. The number of ether oxygens (including phenoxy) is 1. The zero-order valence-electron chi connectivity index (χ0n) is 15.9. The number of hydrogen-bond acceptors (Lipinski definition) is 6. The summed E-state index contributed by atoms with van der Waals surface area (Å²) in [5.74, 6) is 1.07. The molecule has 29 heavy (non-hydrogen) atoms. The van der Waals surface area contributed by atoms with Crippen LogP contribution in [0.3, 0.4) is 0 Å². The Bertz CT molecular complexity index is 1120. The number of carbonyl (C=O) groups excluding carboxylic acids is 1. The van der Waals surface area contributed by atoms with Gasteiger partial charge in [-0.05, 0) is 31.2 Å². The van der Waals surface area contributed by atoms with Crippen LogP contribution in [0, 0.1) is 6.92 Å². The van der Waals surface area contributed by atoms with Crippen LogP contribution in [0.15, 0.2) is 67.0 Å². The maximum atomic E-state index is 12.6. The number of nitrogens with one attached hydrogen (secondary N) is 1. The standard InChI is InChI=1S/C22H18N4O2S/c1-14-19(15-8-10-18(28-2)11-9-15)25-22(29-14)26-21(27)17-12-23-20(24-13-17)16-6-4-3-5-7-16/h3-13H,1-2H3,(H,25,26,27). The summed E-state index contributed by atoms with van der Waals surface area (Å²) in [6, 6.07) is 17.3. The van der Waals surface area contributed by atoms with Gasteiger partial charge in [0.15, 0.2) is 11.0 Å². The zero-order chi connectivity index (χ0) is 20.2. The molecule has 7 heteroatoms. The maximum absolute atomic E-state index is 12.6. The number of aryl methyl sites for hydroxylation is 1. The lowest BCUT2D eigenvalue weighted by Gasteiger charge is -2.03. The first-order chi connectivity index (χ1) is 14.1. The summed E-state index contributed by atoms with van der Waals surface area (Å²) in [4.78, 5) is 26.7. The van der Waals surface area contributed by atoms with Crippen molar-refractivity contribution in [1.82, 2.24) is 15.0 Å². The number of carbonyl (C=O) groups is 1. The van der Waals surface area contributed by atoms with E-state index in [0.717, 1.165) is 27.4 Å². The highest BCUT2D eigenvalue weighted by molar-refractivity contribution is 7.16. The lowest BCUT2D eigenvalue weighted by Crippen LogP contribution is -2.12. The van der Waals surface area contributed by atoms with Gasteiger partial charge in [0.1, 0.15) is 5.75 Å². The summed E-state index contributed by atoms with van der Waals surface area (Å²) >= 11 is 1.43. The fraction of sp³-hybridized carbons (Fsp3) is 0.0909. The lowest BCUT2D eigenvalue weighted by atomic mass is 10.1. The van der Waals surface area contributed by atoms with Crippen LogP contribution in [-0.4, -0.2) is 28.0 Å². The summed E-state index contributed by atoms with van der Waals surface area (Å²) in [7, 11) is 1.63. The third-order valence-corrected chi connectivity index (χ3v) is 5.21. The van der Waals surface area contributed by atoms with E-state index in [1.54, 1.807) is 7.11 Å². The highest BCUT2D eigenvalue weighted by Crippen LogP contribution is 2.31. The second-order valence-corrected chi connectivity index (χ2v) is 7.47. The van der Waals surface area contributed by atoms with Crippen LogP contribution in [0.5, 0.6) is 5.75 Å². The molecule has 0 saturated carbocycles. The van der Waals surface area contributed by atoms with E-state index in [-0.39, 0.29) is 5.91 Å². The van der Waals surface area contributed by atoms with Gasteiger partial charge in [0.2, 0.25) is 0 Å². The van der Waals surface area contributed by atoms with Gasteiger partial charge in [-0.3, -0.25) is 10.1 Å². The third kappa shape index (κ3) is 4.14. The zero-order valence-corrected chi connectivity index (χ0v) is 16.7. The van der Waals surface area contributed by atoms with Crippen LogP contribution < -0.4 is 10.1 Å². The first kappa shape index (κ1) is 18.8. The van der Waals surface area contributed by atoms with Crippen LogP contribution in [0.4, 0.5) is 5.13 Å². The van der Waals surface area contributed by atoms with E-state index >= 15 is 0 Å². The van der Waals surface area contributed by atoms with Crippen LogP contribution >= 0.6 is 11.3 Å². The predicted molar refractivity (Wildman–Crippen MR) is 114 cm³/mol.